The summed E-state index contributed by atoms with van der Waals surface area (Å²) >= 11 is 0. The maximum absolute atomic E-state index is 10.4. The number of nitrogens with zero attached hydrogens (tertiary/aromatic N) is 1. The van der Waals surface area contributed by atoms with Crippen molar-refractivity contribution < 1.29 is 9.63 Å². The first kappa shape index (κ1) is 11.5. The van der Waals surface area contributed by atoms with Crippen LogP contribution in [0.1, 0.15) is 41.8 Å². The maximum Gasteiger partial charge on any atom is 0.137 e. The van der Waals surface area contributed by atoms with E-state index in [0.717, 1.165) is 17.0 Å². The van der Waals surface area contributed by atoms with Gasteiger partial charge in [-0.1, -0.05) is 35.5 Å². The summed E-state index contributed by atoms with van der Waals surface area (Å²) in [5.41, 5.74) is 2.56. The van der Waals surface area contributed by atoms with Gasteiger partial charge in [-0.05, 0) is 25.8 Å². The fraction of sp³-hybridized carbons (Fsp3) is 0.400. The lowest BCUT2D eigenvalue weighted by Crippen LogP contribution is -2.34. The fourth-order valence-corrected chi connectivity index (χ4v) is 2.94. The third kappa shape index (κ3) is 1.85. The first-order valence-corrected chi connectivity index (χ1v) is 6.29. The first-order chi connectivity index (χ1) is 8.57. The number of rotatable bonds is 1. The Kier molecular flexibility index (Phi) is 2.52. The summed E-state index contributed by atoms with van der Waals surface area (Å²) in [6.07, 6.45) is 1.29. The van der Waals surface area contributed by atoms with Gasteiger partial charge in [0.05, 0.1) is 11.3 Å². The minimum atomic E-state index is -0.711. The molecule has 1 aliphatic carbocycles. The first-order valence-electron chi connectivity index (χ1n) is 6.29. The molecule has 0 fully saturated rings. The van der Waals surface area contributed by atoms with Gasteiger partial charge in [-0.15, -0.1) is 0 Å². The molecule has 0 saturated carbocycles. The molecule has 3 rings (SSSR count). The van der Waals surface area contributed by atoms with Crippen LogP contribution in [0.2, 0.25) is 0 Å². The SMILES string of the molecule is Cc1onc2c1C(c1ccccc1)CC(C)(O)C2. The van der Waals surface area contributed by atoms with E-state index in [9.17, 15) is 5.11 Å². The molecule has 0 bridgehead atoms. The van der Waals surface area contributed by atoms with E-state index in [2.05, 4.69) is 17.3 Å². The van der Waals surface area contributed by atoms with Crippen LogP contribution < -0.4 is 0 Å². The van der Waals surface area contributed by atoms with E-state index >= 15 is 0 Å². The molecule has 0 aliphatic heterocycles. The Morgan fingerprint density at radius 1 is 1.33 bits per heavy atom. The summed E-state index contributed by atoms with van der Waals surface area (Å²) in [5.74, 6) is 1.05. The Balaban J connectivity index is 2.12. The molecule has 0 amide bonds. The molecule has 0 saturated heterocycles. The molecular weight excluding hydrogens is 226 g/mol. The van der Waals surface area contributed by atoms with Gasteiger partial charge in [-0.25, -0.2) is 0 Å². The Bertz CT molecular complexity index is 557. The van der Waals surface area contributed by atoms with Crippen molar-refractivity contribution in [2.24, 2.45) is 0 Å². The molecular formula is C15H17NO2. The summed E-state index contributed by atoms with van der Waals surface area (Å²) in [6, 6.07) is 10.3. The van der Waals surface area contributed by atoms with Gasteiger partial charge >= 0.3 is 0 Å². The molecule has 1 N–H and O–H groups in total. The summed E-state index contributed by atoms with van der Waals surface area (Å²) in [4.78, 5) is 0. The third-order valence-corrected chi connectivity index (χ3v) is 3.73. The summed E-state index contributed by atoms with van der Waals surface area (Å²) < 4.78 is 5.30. The van der Waals surface area contributed by atoms with Crippen LogP contribution in [0, 0.1) is 6.92 Å². The van der Waals surface area contributed by atoms with E-state index < -0.39 is 5.60 Å². The molecule has 18 heavy (non-hydrogen) atoms. The maximum atomic E-state index is 10.4. The second kappa shape index (κ2) is 3.95. The highest BCUT2D eigenvalue weighted by molar-refractivity contribution is 5.39. The van der Waals surface area contributed by atoms with Gasteiger partial charge in [-0.2, -0.15) is 0 Å². The van der Waals surface area contributed by atoms with Gasteiger partial charge in [0.25, 0.3) is 0 Å². The van der Waals surface area contributed by atoms with Crippen LogP contribution >= 0.6 is 0 Å². The topological polar surface area (TPSA) is 46.3 Å². The summed E-state index contributed by atoms with van der Waals surface area (Å²) in [5, 5.41) is 14.5. The number of benzene rings is 1. The zero-order chi connectivity index (χ0) is 12.8. The van der Waals surface area contributed by atoms with E-state index in [1.165, 1.54) is 5.56 Å². The summed E-state index contributed by atoms with van der Waals surface area (Å²) in [6.45, 7) is 3.82. The van der Waals surface area contributed by atoms with Crippen LogP contribution in [0.15, 0.2) is 34.9 Å². The van der Waals surface area contributed by atoms with Crippen LogP contribution in [0.5, 0.6) is 0 Å². The van der Waals surface area contributed by atoms with E-state index in [1.54, 1.807) is 0 Å². The van der Waals surface area contributed by atoms with Crippen molar-refractivity contribution >= 4 is 0 Å². The number of fused-ring (bicyclic) bond motifs is 1. The Morgan fingerprint density at radius 3 is 2.78 bits per heavy atom. The van der Waals surface area contributed by atoms with Gasteiger partial charge in [-0.3, -0.25) is 0 Å². The molecule has 2 unspecified atom stereocenters. The van der Waals surface area contributed by atoms with Crippen molar-refractivity contribution in [3.8, 4) is 0 Å². The van der Waals surface area contributed by atoms with Crippen molar-refractivity contribution in [1.82, 2.24) is 5.16 Å². The number of hydrogen-bond acceptors (Lipinski definition) is 3. The molecule has 2 atom stereocenters. The smallest absolute Gasteiger partial charge is 0.137 e. The number of aliphatic hydroxyl groups is 1. The minimum Gasteiger partial charge on any atom is -0.390 e. The van der Waals surface area contributed by atoms with Gasteiger partial charge in [0.15, 0.2) is 0 Å². The molecule has 2 aromatic rings. The number of hydrogen-bond donors (Lipinski definition) is 1. The summed E-state index contributed by atoms with van der Waals surface area (Å²) in [7, 11) is 0. The largest absolute Gasteiger partial charge is 0.390 e. The van der Waals surface area contributed by atoms with Crippen LogP contribution in [0.25, 0.3) is 0 Å². The highest BCUT2D eigenvalue weighted by Crippen LogP contribution is 2.42. The molecule has 94 valence electrons. The average molecular weight is 243 g/mol. The highest BCUT2D eigenvalue weighted by Gasteiger charge is 2.38. The molecule has 1 aromatic heterocycles. The predicted octanol–water partition coefficient (Wildman–Crippen LogP) is 2.81. The Hall–Kier alpha value is -1.61. The molecule has 1 aromatic carbocycles. The standard InChI is InChI=1S/C15H17NO2/c1-10-14-12(11-6-4-3-5-7-11)8-15(2,17)9-13(14)16-18-10/h3-7,12,17H,8-9H2,1-2H3. The molecule has 0 radical (unpaired) electrons. The average Bonchev–Trinajstić information content (AvgIpc) is 2.69. The fourth-order valence-electron chi connectivity index (χ4n) is 2.94. The van der Waals surface area contributed by atoms with E-state index in [-0.39, 0.29) is 5.92 Å². The van der Waals surface area contributed by atoms with E-state index in [4.69, 9.17) is 4.52 Å². The normalized spacial score (nSPS) is 26.9. The number of aryl methyl sites for hydroxylation is 1. The Morgan fingerprint density at radius 2 is 2.06 bits per heavy atom. The lowest BCUT2D eigenvalue weighted by atomic mass is 9.74. The van der Waals surface area contributed by atoms with Crippen molar-refractivity contribution in [3.05, 3.63) is 52.9 Å². The van der Waals surface area contributed by atoms with Gasteiger partial charge < -0.3 is 9.63 Å². The van der Waals surface area contributed by atoms with Crippen LogP contribution in [-0.2, 0) is 6.42 Å². The van der Waals surface area contributed by atoms with Crippen molar-refractivity contribution in [2.75, 3.05) is 0 Å². The van der Waals surface area contributed by atoms with Gasteiger partial charge in [0.2, 0.25) is 0 Å². The Labute approximate surface area is 106 Å². The predicted molar refractivity (Wildman–Crippen MR) is 68.5 cm³/mol. The molecule has 3 nitrogen and oxygen atoms in total. The molecule has 3 heteroatoms. The second-order valence-electron chi connectivity index (χ2n) is 5.44. The zero-order valence-corrected chi connectivity index (χ0v) is 10.7. The lowest BCUT2D eigenvalue weighted by molar-refractivity contribution is 0.0392. The quantitative estimate of drug-likeness (QED) is 0.837. The van der Waals surface area contributed by atoms with Crippen LogP contribution in [0.4, 0.5) is 0 Å². The third-order valence-electron chi connectivity index (χ3n) is 3.73. The van der Waals surface area contributed by atoms with Gasteiger partial charge in [0, 0.05) is 17.9 Å². The van der Waals surface area contributed by atoms with Crippen LogP contribution in [0.3, 0.4) is 0 Å². The minimum absolute atomic E-state index is 0.177. The monoisotopic (exact) mass is 243 g/mol. The second-order valence-corrected chi connectivity index (χ2v) is 5.44. The zero-order valence-electron chi connectivity index (χ0n) is 10.7. The highest BCUT2D eigenvalue weighted by atomic mass is 16.5. The van der Waals surface area contributed by atoms with Crippen molar-refractivity contribution in [1.29, 1.82) is 0 Å². The van der Waals surface area contributed by atoms with Gasteiger partial charge in [0.1, 0.15) is 5.76 Å². The van der Waals surface area contributed by atoms with Crippen LogP contribution in [-0.4, -0.2) is 15.9 Å². The lowest BCUT2D eigenvalue weighted by Gasteiger charge is -2.33. The molecule has 1 aliphatic rings. The van der Waals surface area contributed by atoms with Crippen molar-refractivity contribution in [2.45, 2.75) is 38.2 Å². The van der Waals surface area contributed by atoms with E-state index in [0.29, 0.717) is 12.8 Å². The number of aromatic nitrogens is 1. The van der Waals surface area contributed by atoms with Crippen molar-refractivity contribution in [3.63, 3.8) is 0 Å². The van der Waals surface area contributed by atoms with E-state index in [1.807, 2.05) is 32.0 Å². The molecule has 1 heterocycles. The molecule has 0 spiro atoms.